The third-order valence-corrected chi connectivity index (χ3v) is 6.70. The fraction of sp³-hybridized carbons (Fsp3) is 0.222. The number of allylic oxidation sites excluding steroid dienone is 1. The summed E-state index contributed by atoms with van der Waals surface area (Å²) in [6.45, 7) is 5.78. The van der Waals surface area contributed by atoms with Gasteiger partial charge in [-0.15, -0.1) is 6.42 Å². The van der Waals surface area contributed by atoms with Crippen LogP contribution >= 0.6 is 22.9 Å². The van der Waals surface area contributed by atoms with E-state index in [1.54, 1.807) is 42.7 Å². The molecule has 0 saturated carbocycles. The van der Waals surface area contributed by atoms with E-state index in [9.17, 15) is 9.59 Å². The number of benzene rings is 2. The topological polar surface area (TPSA) is 69.9 Å². The van der Waals surface area contributed by atoms with Gasteiger partial charge in [0.05, 0.1) is 28.5 Å². The standard InChI is InChI=1S/C27H23ClN2O4S/c1-5-13-34-21-12-11-20(28)14-19(21)15-22-25(31)30-24(18-9-7-16(3)8-10-18)23(26(32)33-6-2)17(4)29-27(30)35-22/h1,7-12,14-15,24H,6,13H2,2-4H3/b22-15-/t24-/m0/s1. The van der Waals surface area contributed by atoms with Crippen molar-refractivity contribution in [2.24, 2.45) is 4.99 Å². The summed E-state index contributed by atoms with van der Waals surface area (Å²) in [7, 11) is 0. The second-order valence-corrected chi connectivity index (χ2v) is 9.33. The van der Waals surface area contributed by atoms with Crippen LogP contribution in [0.25, 0.3) is 6.08 Å². The van der Waals surface area contributed by atoms with E-state index in [1.807, 2.05) is 31.2 Å². The van der Waals surface area contributed by atoms with Gasteiger partial charge in [0.25, 0.3) is 5.56 Å². The second-order valence-electron chi connectivity index (χ2n) is 7.89. The van der Waals surface area contributed by atoms with Crippen LogP contribution in [-0.2, 0) is 9.53 Å². The normalized spacial score (nSPS) is 15.3. The molecule has 1 aliphatic rings. The number of carbonyl (C=O) groups is 1. The van der Waals surface area contributed by atoms with Crippen molar-refractivity contribution in [2.75, 3.05) is 13.2 Å². The molecule has 0 unspecified atom stereocenters. The predicted octanol–water partition coefficient (Wildman–Crippen LogP) is 3.77. The molecular formula is C27H23ClN2O4S. The van der Waals surface area contributed by atoms with E-state index in [-0.39, 0.29) is 18.8 Å². The Morgan fingerprint density at radius 2 is 2.00 bits per heavy atom. The molecule has 4 rings (SSSR count). The Kier molecular flexibility index (Phi) is 7.25. The number of terminal acetylenes is 1. The van der Waals surface area contributed by atoms with Gasteiger partial charge in [-0.2, -0.15) is 0 Å². The van der Waals surface area contributed by atoms with E-state index in [0.29, 0.717) is 36.9 Å². The summed E-state index contributed by atoms with van der Waals surface area (Å²) >= 11 is 7.43. The lowest BCUT2D eigenvalue weighted by atomic mass is 9.95. The van der Waals surface area contributed by atoms with Crippen molar-refractivity contribution in [1.29, 1.82) is 0 Å². The Labute approximate surface area is 211 Å². The van der Waals surface area contributed by atoms with Gasteiger partial charge in [-0.3, -0.25) is 9.36 Å². The number of aromatic nitrogens is 1. The highest BCUT2D eigenvalue weighted by Crippen LogP contribution is 2.31. The van der Waals surface area contributed by atoms with Crippen LogP contribution in [0.15, 0.2) is 63.5 Å². The number of halogens is 1. The molecule has 1 aromatic heterocycles. The number of thiazole rings is 1. The van der Waals surface area contributed by atoms with Gasteiger partial charge in [0.15, 0.2) is 4.80 Å². The minimum absolute atomic E-state index is 0.0826. The fourth-order valence-electron chi connectivity index (χ4n) is 3.88. The average Bonchev–Trinajstić information content (AvgIpc) is 3.12. The lowest BCUT2D eigenvalue weighted by Crippen LogP contribution is -2.39. The van der Waals surface area contributed by atoms with Crippen molar-refractivity contribution < 1.29 is 14.3 Å². The number of fused-ring (bicyclic) bond motifs is 1. The van der Waals surface area contributed by atoms with E-state index in [4.69, 9.17) is 27.5 Å². The molecule has 0 spiro atoms. The first-order valence-electron chi connectivity index (χ1n) is 11.0. The third-order valence-electron chi connectivity index (χ3n) is 5.48. The van der Waals surface area contributed by atoms with E-state index in [2.05, 4.69) is 10.9 Å². The molecule has 35 heavy (non-hydrogen) atoms. The van der Waals surface area contributed by atoms with Crippen LogP contribution in [0.4, 0.5) is 0 Å². The molecule has 3 aromatic rings. The smallest absolute Gasteiger partial charge is 0.338 e. The number of esters is 1. The lowest BCUT2D eigenvalue weighted by Gasteiger charge is -2.24. The van der Waals surface area contributed by atoms with Crippen LogP contribution in [0.2, 0.25) is 5.02 Å². The van der Waals surface area contributed by atoms with Gasteiger partial charge >= 0.3 is 5.97 Å². The Morgan fingerprint density at radius 3 is 2.69 bits per heavy atom. The molecule has 0 fully saturated rings. The first kappa shape index (κ1) is 24.5. The second kappa shape index (κ2) is 10.3. The highest BCUT2D eigenvalue weighted by molar-refractivity contribution is 7.07. The predicted molar refractivity (Wildman–Crippen MR) is 137 cm³/mol. The SMILES string of the molecule is C#CCOc1ccc(Cl)cc1/C=c1\sc2n(c1=O)[C@@H](c1ccc(C)cc1)C(C(=O)OCC)=C(C)N=2. The van der Waals surface area contributed by atoms with Gasteiger partial charge in [0.1, 0.15) is 12.4 Å². The third kappa shape index (κ3) is 4.95. The van der Waals surface area contributed by atoms with E-state index < -0.39 is 12.0 Å². The zero-order valence-electron chi connectivity index (χ0n) is 19.5. The molecule has 0 saturated heterocycles. The van der Waals surface area contributed by atoms with Crippen molar-refractivity contribution in [3.63, 3.8) is 0 Å². The number of carbonyl (C=O) groups excluding carboxylic acids is 1. The highest BCUT2D eigenvalue weighted by atomic mass is 35.5. The number of hydrogen-bond donors (Lipinski definition) is 0. The maximum atomic E-state index is 13.7. The van der Waals surface area contributed by atoms with Gasteiger partial charge in [-0.1, -0.05) is 58.7 Å². The molecule has 0 radical (unpaired) electrons. The summed E-state index contributed by atoms with van der Waals surface area (Å²) in [4.78, 5) is 31.8. The van der Waals surface area contributed by atoms with Crippen molar-refractivity contribution in [3.05, 3.63) is 95.1 Å². The van der Waals surface area contributed by atoms with Gasteiger partial charge in [0.2, 0.25) is 0 Å². The van der Waals surface area contributed by atoms with Crippen molar-refractivity contribution >= 4 is 35.0 Å². The maximum Gasteiger partial charge on any atom is 0.338 e. The van der Waals surface area contributed by atoms with E-state index in [1.165, 1.54) is 11.3 Å². The summed E-state index contributed by atoms with van der Waals surface area (Å²) in [5, 5.41) is 0.495. The van der Waals surface area contributed by atoms with Crippen molar-refractivity contribution in [2.45, 2.75) is 26.8 Å². The van der Waals surface area contributed by atoms with Crippen LogP contribution in [0.3, 0.4) is 0 Å². The molecule has 0 N–H and O–H groups in total. The van der Waals surface area contributed by atoms with Gasteiger partial charge in [-0.25, -0.2) is 9.79 Å². The molecule has 178 valence electrons. The molecule has 2 aromatic carbocycles. The highest BCUT2D eigenvalue weighted by Gasteiger charge is 2.33. The summed E-state index contributed by atoms with van der Waals surface area (Å²) < 4.78 is 12.9. The number of ether oxygens (including phenoxy) is 2. The summed E-state index contributed by atoms with van der Waals surface area (Å²) in [5.41, 5.74) is 3.06. The zero-order valence-corrected chi connectivity index (χ0v) is 21.1. The summed E-state index contributed by atoms with van der Waals surface area (Å²) in [6.07, 6.45) is 7.04. The van der Waals surface area contributed by atoms with Gasteiger partial charge in [-0.05, 0) is 50.6 Å². The molecule has 1 aliphatic heterocycles. The molecular weight excluding hydrogens is 484 g/mol. The monoisotopic (exact) mass is 506 g/mol. The molecule has 2 heterocycles. The van der Waals surface area contributed by atoms with Crippen LogP contribution in [0.1, 0.15) is 36.6 Å². The number of rotatable bonds is 6. The van der Waals surface area contributed by atoms with E-state index >= 15 is 0 Å². The Morgan fingerprint density at radius 1 is 1.26 bits per heavy atom. The largest absolute Gasteiger partial charge is 0.480 e. The maximum absolute atomic E-state index is 13.7. The molecule has 0 bridgehead atoms. The van der Waals surface area contributed by atoms with Crippen LogP contribution in [0.5, 0.6) is 5.75 Å². The molecule has 0 amide bonds. The van der Waals surface area contributed by atoms with Crippen LogP contribution < -0.4 is 19.6 Å². The quantitative estimate of drug-likeness (QED) is 0.377. The van der Waals surface area contributed by atoms with Crippen LogP contribution in [-0.4, -0.2) is 23.8 Å². The molecule has 6 nitrogen and oxygen atoms in total. The summed E-state index contributed by atoms with van der Waals surface area (Å²) in [5.74, 6) is 2.45. The average molecular weight is 507 g/mol. The van der Waals surface area contributed by atoms with Gasteiger partial charge in [0, 0.05) is 10.6 Å². The number of aryl methyl sites for hydroxylation is 1. The van der Waals surface area contributed by atoms with Crippen molar-refractivity contribution in [1.82, 2.24) is 4.57 Å². The Hall–Kier alpha value is -3.60. The zero-order chi connectivity index (χ0) is 25.1. The Balaban J connectivity index is 1.94. The molecule has 8 heteroatoms. The molecule has 0 aliphatic carbocycles. The number of nitrogens with zero attached hydrogens (tertiary/aromatic N) is 2. The minimum Gasteiger partial charge on any atom is -0.480 e. The minimum atomic E-state index is -0.662. The molecule has 1 atom stereocenters. The first-order chi connectivity index (χ1) is 16.8. The van der Waals surface area contributed by atoms with E-state index in [0.717, 1.165) is 11.1 Å². The first-order valence-corrected chi connectivity index (χ1v) is 12.2. The number of hydrogen-bond acceptors (Lipinski definition) is 6. The van der Waals surface area contributed by atoms with Crippen LogP contribution in [0, 0.1) is 19.3 Å². The summed E-state index contributed by atoms with van der Waals surface area (Å²) in [6, 6.07) is 12.2. The Bertz CT molecular complexity index is 1540. The fourth-order valence-corrected chi connectivity index (χ4v) is 5.10. The lowest BCUT2D eigenvalue weighted by molar-refractivity contribution is -0.139. The van der Waals surface area contributed by atoms with Gasteiger partial charge < -0.3 is 9.47 Å². The van der Waals surface area contributed by atoms with Crippen molar-refractivity contribution in [3.8, 4) is 18.1 Å².